The van der Waals surface area contributed by atoms with Crippen LogP contribution in [0, 0.1) is 11.3 Å². The van der Waals surface area contributed by atoms with Crippen LogP contribution in [0.25, 0.3) is 0 Å². The van der Waals surface area contributed by atoms with Gasteiger partial charge in [0, 0.05) is 46.1 Å². The van der Waals surface area contributed by atoms with E-state index in [4.69, 9.17) is 24.7 Å². The maximum atomic E-state index is 12.2. The van der Waals surface area contributed by atoms with Crippen LogP contribution in [0.15, 0.2) is 18.2 Å². The van der Waals surface area contributed by atoms with Crippen LogP contribution in [0.4, 0.5) is 0 Å². The molecule has 9 heteroatoms. The monoisotopic (exact) mass is 538 g/mol. The summed E-state index contributed by atoms with van der Waals surface area (Å²) in [6.07, 6.45) is 3.30. The third-order valence-corrected chi connectivity index (χ3v) is 7.04. The van der Waals surface area contributed by atoms with Crippen LogP contribution in [0.5, 0.6) is 11.5 Å². The highest BCUT2D eigenvalue weighted by Crippen LogP contribution is 2.38. The number of unbranched alkanes of at least 4 members (excludes halogenated alkanes) is 1. The lowest BCUT2D eigenvalue weighted by molar-refractivity contribution is -0.141. The number of benzene rings is 1. The van der Waals surface area contributed by atoms with E-state index in [1.54, 1.807) is 14.2 Å². The lowest BCUT2D eigenvalue weighted by Crippen LogP contribution is -2.42. The van der Waals surface area contributed by atoms with Gasteiger partial charge in [0.05, 0.1) is 26.4 Å². The standard InChI is InChI=1S/C29H50N2O7/c1-21(2)29(4,19-23-10-12-26(36-6)27(18-23)38-17-9-15-35-5)20-24(30)25(33)11-13-28(34)31-14-7-8-16-37-22(3)32/h10,12,18,21,24-25,33H,7-9,11,13-17,19-20,30H2,1-6H3,(H,31,34)/t24-,25-,29+/m0/s1. The molecule has 0 unspecified atom stereocenters. The summed E-state index contributed by atoms with van der Waals surface area (Å²) in [6.45, 7) is 9.93. The van der Waals surface area contributed by atoms with E-state index in [0.29, 0.717) is 63.0 Å². The number of carbonyl (C=O) groups is 2. The molecule has 0 bridgehead atoms. The first-order chi connectivity index (χ1) is 18.0. The zero-order valence-corrected chi connectivity index (χ0v) is 24.2. The summed E-state index contributed by atoms with van der Waals surface area (Å²) in [5, 5.41) is 13.6. The molecule has 0 heterocycles. The Bertz CT molecular complexity index is 833. The van der Waals surface area contributed by atoms with Crippen molar-refractivity contribution >= 4 is 11.9 Å². The molecule has 3 atom stereocenters. The van der Waals surface area contributed by atoms with E-state index in [2.05, 4.69) is 26.1 Å². The van der Waals surface area contributed by atoms with Crippen molar-refractivity contribution in [3.63, 3.8) is 0 Å². The minimum atomic E-state index is -0.779. The van der Waals surface area contributed by atoms with Gasteiger partial charge < -0.3 is 35.1 Å². The molecule has 0 radical (unpaired) electrons. The smallest absolute Gasteiger partial charge is 0.302 e. The minimum Gasteiger partial charge on any atom is -0.493 e. The van der Waals surface area contributed by atoms with Crippen LogP contribution in [-0.4, -0.2) is 69.7 Å². The molecule has 1 aromatic rings. The average molecular weight is 539 g/mol. The molecule has 0 saturated carbocycles. The van der Waals surface area contributed by atoms with Gasteiger partial charge in [0.2, 0.25) is 5.91 Å². The van der Waals surface area contributed by atoms with E-state index in [-0.39, 0.29) is 23.7 Å². The van der Waals surface area contributed by atoms with Crippen molar-refractivity contribution in [3.05, 3.63) is 23.8 Å². The van der Waals surface area contributed by atoms with E-state index >= 15 is 0 Å². The van der Waals surface area contributed by atoms with Gasteiger partial charge in [0.15, 0.2) is 11.5 Å². The van der Waals surface area contributed by atoms with Gasteiger partial charge in [-0.1, -0.05) is 26.8 Å². The molecular weight excluding hydrogens is 488 g/mol. The number of nitrogens with two attached hydrogens (primary N) is 1. The topological polar surface area (TPSA) is 129 Å². The maximum Gasteiger partial charge on any atom is 0.302 e. The Morgan fingerprint density at radius 2 is 1.82 bits per heavy atom. The highest BCUT2D eigenvalue weighted by molar-refractivity contribution is 5.75. The van der Waals surface area contributed by atoms with Crippen LogP contribution >= 0.6 is 0 Å². The van der Waals surface area contributed by atoms with Gasteiger partial charge in [-0.25, -0.2) is 0 Å². The molecule has 4 N–H and O–H groups in total. The van der Waals surface area contributed by atoms with Crippen molar-refractivity contribution in [2.24, 2.45) is 17.1 Å². The summed E-state index contributed by atoms with van der Waals surface area (Å²) in [5.41, 5.74) is 7.39. The van der Waals surface area contributed by atoms with Gasteiger partial charge in [-0.2, -0.15) is 0 Å². The Morgan fingerprint density at radius 3 is 2.45 bits per heavy atom. The molecule has 218 valence electrons. The average Bonchev–Trinajstić information content (AvgIpc) is 2.87. The van der Waals surface area contributed by atoms with E-state index in [1.165, 1.54) is 6.92 Å². The summed E-state index contributed by atoms with van der Waals surface area (Å²) < 4.78 is 21.4. The van der Waals surface area contributed by atoms with Gasteiger partial charge in [-0.15, -0.1) is 0 Å². The number of aliphatic hydroxyl groups is 1. The predicted octanol–water partition coefficient (Wildman–Crippen LogP) is 3.63. The Hall–Kier alpha value is -2.36. The highest BCUT2D eigenvalue weighted by Gasteiger charge is 2.33. The third kappa shape index (κ3) is 12.9. The van der Waals surface area contributed by atoms with Crippen LogP contribution in [0.3, 0.4) is 0 Å². The number of hydrogen-bond acceptors (Lipinski definition) is 8. The first kappa shape index (κ1) is 33.7. The van der Waals surface area contributed by atoms with Crippen LogP contribution < -0.4 is 20.5 Å². The lowest BCUT2D eigenvalue weighted by Gasteiger charge is -2.37. The summed E-state index contributed by atoms with van der Waals surface area (Å²) in [7, 11) is 3.30. The van der Waals surface area contributed by atoms with Gasteiger partial charge in [-0.05, 0) is 61.1 Å². The van der Waals surface area contributed by atoms with Crippen LogP contribution in [0.2, 0.25) is 0 Å². The van der Waals surface area contributed by atoms with Gasteiger partial charge in [0.25, 0.3) is 0 Å². The molecule has 0 fully saturated rings. The number of carbonyl (C=O) groups excluding carboxylic acids is 2. The quantitative estimate of drug-likeness (QED) is 0.170. The fraction of sp³-hybridized carbons (Fsp3) is 0.724. The maximum absolute atomic E-state index is 12.2. The fourth-order valence-electron chi connectivity index (χ4n) is 4.23. The largest absolute Gasteiger partial charge is 0.493 e. The second kappa shape index (κ2) is 18.0. The third-order valence-electron chi connectivity index (χ3n) is 7.04. The molecule has 0 saturated heterocycles. The van der Waals surface area contributed by atoms with Crippen LogP contribution in [0.1, 0.15) is 71.8 Å². The van der Waals surface area contributed by atoms with Gasteiger partial charge in [-0.3, -0.25) is 9.59 Å². The van der Waals surface area contributed by atoms with E-state index < -0.39 is 12.1 Å². The van der Waals surface area contributed by atoms with Crippen molar-refractivity contribution < 1.29 is 33.6 Å². The molecular formula is C29H50N2O7. The molecule has 0 aromatic heterocycles. The SMILES string of the molecule is COCCCOc1cc(C[C@](C)(C[C@H](N)[C@@H](O)CCC(=O)NCCCCOC(C)=O)C(C)C)ccc1OC. The number of nitrogens with one attached hydrogen (secondary N) is 1. The van der Waals surface area contributed by atoms with Crippen molar-refractivity contribution in [2.75, 3.05) is 40.6 Å². The number of amides is 1. The summed E-state index contributed by atoms with van der Waals surface area (Å²) in [4.78, 5) is 22.9. The number of rotatable bonds is 20. The summed E-state index contributed by atoms with van der Waals surface area (Å²) >= 11 is 0. The molecule has 1 rings (SSSR count). The van der Waals surface area contributed by atoms with Crippen LogP contribution in [-0.2, 0) is 25.5 Å². The number of hydrogen-bond donors (Lipinski definition) is 3. The second-order valence-corrected chi connectivity index (χ2v) is 10.5. The number of esters is 1. The Kier molecular flexibility index (Phi) is 16.0. The molecule has 9 nitrogen and oxygen atoms in total. The number of aliphatic hydroxyl groups excluding tert-OH is 1. The number of methoxy groups -OCH3 is 2. The van der Waals surface area contributed by atoms with E-state index in [0.717, 1.165) is 24.8 Å². The van der Waals surface area contributed by atoms with E-state index in [1.807, 2.05) is 18.2 Å². The van der Waals surface area contributed by atoms with E-state index in [9.17, 15) is 14.7 Å². The lowest BCUT2D eigenvalue weighted by atomic mass is 9.69. The first-order valence-corrected chi connectivity index (χ1v) is 13.6. The van der Waals surface area contributed by atoms with Crippen molar-refractivity contribution in [1.29, 1.82) is 0 Å². The number of ether oxygens (including phenoxy) is 4. The fourth-order valence-corrected chi connectivity index (χ4v) is 4.23. The Labute approximate surface area is 228 Å². The molecule has 0 aliphatic rings. The Morgan fingerprint density at radius 1 is 1.08 bits per heavy atom. The molecule has 0 spiro atoms. The van der Waals surface area contributed by atoms with Crippen molar-refractivity contribution in [1.82, 2.24) is 5.32 Å². The first-order valence-electron chi connectivity index (χ1n) is 13.6. The zero-order chi connectivity index (χ0) is 28.6. The van der Waals surface area contributed by atoms with Gasteiger partial charge in [0.1, 0.15) is 0 Å². The summed E-state index contributed by atoms with van der Waals surface area (Å²) in [5.74, 6) is 1.28. The second-order valence-electron chi connectivity index (χ2n) is 10.5. The normalized spacial score (nSPS) is 14.4. The van der Waals surface area contributed by atoms with Gasteiger partial charge >= 0.3 is 5.97 Å². The van der Waals surface area contributed by atoms with Crippen molar-refractivity contribution in [3.8, 4) is 11.5 Å². The molecule has 0 aliphatic carbocycles. The van der Waals surface area contributed by atoms with Crippen molar-refractivity contribution in [2.45, 2.75) is 84.8 Å². The summed E-state index contributed by atoms with van der Waals surface area (Å²) in [6, 6.07) is 5.53. The molecule has 38 heavy (non-hydrogen) atoms. The minimum absolute atomic E-state index is 0.119. The predicted molar refractivity (Wildman–Crippen MR) is 148 cm³/mol. The zero-order valence-electron chi connectivity index (χ0n) is 24.2. The molecule has 1 aromatic carbocycles. The Balaban J connectivity index is 2.63. The highest BCUT2D eigenvalue weighted by atomic mass is 16.5. The molecule has 1 amide bonds. The molecule has 0 aliphatic heterocycles.